The lowest BCUT2D eigenvalue weighted by Crippen LogP contribution is -1.98. The largest absolute Gasteiger partial charge is 0.384 e. The number of hydrogen-bond donors (Lipinski definition) is 1. The molecule has 0 unspecified atom stereocenters. The van der Waals surface area contributed by atoms with Crippen LogP contribution in [0.2, 0.25) is 0 Å². The molecule has 84 valence electrons. The summed E-state index contributed by atoms with van der Waals surface area (Å²) in [6.07, 6.45) is 5.62. The van der Waals surface area contributed by atoms with Crippen LogP contribution in [-0.4, -0.2) is 14.5 Å². The molecular formula is C11H14N4S. The predicted octanol–water partition coefficient (Wildman–Crippen LogP) is 2.17. The average Bonchev–Trinajstić information content (AvgIpc) is 2.76. The molecule has 0 saturated carbocycles. The second-order valence-corrected chi connectivity index (χ2v) is 4.39. The third-order valence-electron chi connectivity index (χ3n) is 2.27. The molecule has 2 rings (SSSR count). The first-order valence-electron chi connectivity index (χ1n) is 5.14. The van der Waals surface area contributed by atoms with E-state index in [1.807, 2.05) is 24.5 Å². The molecule has 2 aromatic heterocycles. The molecular weight excluding hydrogens is 220 g/mol. The van der Waals surface area contributed by atoms with Gasteiger partial charge in [0.2, 0.25) is 0 Å². The van der Waals surface area contributed by atoms with Gasteiger partial charge in [-0.2, -0.15) is 0 Å². The number of anilines is 1. The number of aryl methyl sites for hydroxylation is 1. The summed E-state index contributed by atoms with van der Waals surface area (Å²) in [5.41, 5.74) is 5.53. The maximum absolute atomic E-state index is 5.53. The Labute approximate surface area is 98.9 Å². The van der Waals surface area contributed by atoms with Gasteiger partial charge < -0.3 is 10.3 Å². The minimum Gasteiger partial charge on any atom is -0.384 e. The molecule has 0 aliphatic carbocycles. The van der Waals surface area contributed by atoms with Crippen LogP contribution in [0.25, 0.3) is 0 Å². The summed E-state index contributed by atoms with van der Waals surface area (Å²) in [6, 6.07) is 3.79. The van der Waals surface area contributed by atoms with Crippen molar-refractivity contribution in [2.75, 3.05) is 5.73 Å². The predicted molar refractivity (Wildman–Crippen MR) is 66.1 cm³/mol. The van der Waals surface area contributed by atoms with Gasteiger partial charge in [-0.05, 0) is 19.1 Å². The van der Waals surface area contributed by atoms with Crippen LogP contribution in [0.15, 0.2) is 35.6 Å². The monoisotopic (exact) mass is 234 g/mol. The maximum Gasteiger partial charge on any atom is 0.123 e. The fraction of sp³-hybridized carbons (Fsp3) is 0.273. The summed E-state index contributed by atoms with van der Waals surface area (Å²) < 4.78 is 2.14. The van der Waals surface area contributed by atoms with Gasteiger partial charge >= 0.3 is 0 Å². The van der Waals surface area contributed by atoms with Gasteiger partial charge in [-0.15, -0.1) is 11.8 Å². The standard InChI is InChI=1S/C11H14N4S/c1-2-15-6-5-13-11(15)8-16-9-3-4-10(12)14-7-9/h3-7H,2,8H2,1H3,(H2,12,14). The Morgan fingerprint density at radius 1 is 1.38 bits per heavy atom. The molecule has 0 bridgehead atoms. The molecule has 0 radical (unpaired) electrons. The molecule has 16 heavy (non-hydrogen) atoms. The number of thioether (sulfide) groups is 1. The SMILES string of the molecule is CCn1ccnc1CSc1ccc(N)nc1. The van der Waals surface area contributed by atoms with Gasteiger partial charge in [-0.1, -0.05) is 0 Å². The van der Waals surface area contributed by atoms with Crippen molar-refractivity contribution >= 4 is 17.6 Å². The Bertz CT molecular complexity index is 449. The highest BCUT2D eigenvalue weighted by atomic mass is 32.2. The van der Waals surface area contributed by atoms with Crippen LogP contribution in [0.1, 0.15) is 12.7 Å². The lowest BCUT2D eigenvalue weighted by atomic mass is 10.5. The molecule has 0 amide bonds. The van der Waals surface area contributed by atoms with Gasteiger partial charge in [0, 0.05) is 30.0 Å². The van der Waals surface area contributed by atoms with Gasteiger partial charge in [-0.25, -0.2) is 9.97 Å². The van der Waals surface area contributed by atoms with Crippen LogP contribution >= 0.6 is 11.8 Å². The number of nitrogens with zero attached hydrogens (tertiary/aromatic N) is 3. The highest BCUT2D eigenvalue weighted by Gasteiger charge is 2.02. The number of rotatable bonds is 4. The summed E-state index contributed by atoms with van der Waals surface area (Å²) in [5.74, 6) is 2.50. The third-order valence-corrected chi connectivity index (χ3v) is 3.25. The fourth-order valence-electron chi connectivity index (χ4n) is 1.39. The topological polar surface area (TPSA) is 56.7 Å². The van der Waals surface area contributed by atoms with Crippen LogP contribution in [0.4, 0.5) is 5.82 Å². The minimum absolute atomic E-state index is 0.555. The molecule has 0 spiro atoms. The summed E-state index contributed by atoms with van der Waals surface area (Å²) in [5, 5.41) is 0. The van der Waals surface area contributed by atoms with Gasteiger partial charge in [-0.3, -0.25) is 0 Å². The molecule has 0 aliphatic heterocycles. The van der Waals surface area contributed by atoms with E-state index in [4.69, 9.17) is 5.73 Å². The highest BCUT2D eigenvalue weighted by molar-refractivity contribution is 7.98. The zero-order valence-corrected chi connectivity index (χ0v) is 9.94. The summed E-state index contributed by atoms with van der Waals surface area (Å²) >= 11 is 1.72. The highest BCUT2D eigenvalue weighted by Crippen LogP contribution is 2.21. The Hall–Kier alpha value is -1.49. The van der Waals surface area contributed by atoms with E-state index in [0.717, 1.165) is 23.0 Å². The van der Waals surface area contributed by atoms with Crippen molar-refractivity contribution < 1.29 is 0 Å². The van der Waals surface area contributed by atoms with Crippen molar-refractivity contribution in [3.8, 4) is 0 Å². The van der Waals surface area contributed by atoms with E-state index < -0.39 is 0 Å². The van der Waals surface area contributed by atoms with Crippen molar-refractivity contribution in [2.24, 2.45) is 0 Å². The zero-order chi connectivity index (χ0) is 11.4. The number of pyridine rings is 1. The third kappa shape index (κ3) is 2.55. The first-order valence-corrected chi connectivity index (χ1v) is 6.12. The summed E-state index contributed by atoms with van der Waals surface area (Å²) in [7, 11) is 0. The number of nitrogens with two attached hydrogens (primary N) is 1. The molecule has 5 heteroatoms. The van der Waals surface area contributed by atoms with E-state index in [9.17, 15) is 0 Å². The smallest absolute Gasteiger partial charge is 0.123 e. The lowest BCUT2D eigenvalue weighted by molar-refractivity contribution is 0.725. The van der Waals surface area contributed by atoms with Gasteiger partial charge in [0.05, 0.1) is 5.75 Å². The van der Waals surface area contributed by atoms with Crippen molar-refractivity contribution in [1.29, 1.82) is 0 Å². The van der Waals surface area contributed by atoms with Crippen molar-refractivity contribution in [3.05, 3.63) is 36.5 Å². The second kappa shape index (κ2) is 5.03. The lowest BCUT2D eigenvalue weighted by Gasteiger charge is -2.04. The second-order valence-electron chi connectivity index (χ2n) is 3.34. The molecule has 2 N–H and O–H groups in total. The molecule has 0 atom stereocenters. The van der Waals surface area contributed by atoms with Crippen LogP contribution < -0.4 is 5.73 Å². The van der Waals surface area contributed by atoms with Crippen LogP contribution in [0.3, 0.4) is 0 Å². The molecule has 0 aliphatic rings. The van der Waals surface area contributed by atoms with Crippen molar-refractivity contribution in [2.45, 2.75) is 24.1 Å². The number of imidazole rings is 1. The first kappa shape index (κ1) is 11.0. The fourth-order valence-corrected chi connectivity index (χ4v) is 2.22. The quantitative estimate of drug-likeness (QED) is 0.824. The van der Waals surface area contributed by atoms with E-state index in [1.165, 1.54) is 0 Å². The van der Waals surface area contributed by atoms with Crippen LogP contribution in [-0.2, 0) is 12.3 Å². The first-order chi connectivity index (χ1) is 7.79. The molecule has 2 heterocycles. The van der Waals surface area contributed by atoms with E-state index in [1.54, 1.807) is 18.0 Å². The number of aromatic nitrogens is 3. The molecule has 2 aromatic rings. The van der Waals surface area contributed by atoms with Crippen LogP contribution in [0.5, 0.6) is 0 Å². The Morgan fingerprint density at radius 3 is 2.94 bits per heavy atom. The number of nitrogen functional groups attached to an aromatic ring is 1. The van der Waals surface area contributed by atoms with Crippen LogP contribution in [0, 0.1) is 0 Å². The van der Waals surface area contributed by atoms with E-state index in [0.29, 0.717) is 5.82 Å². The van der Waals surface area contributed by atoms with Crippen molar-refractivity contribution in [3.63, 3.8) is 0 Å². The van der Waals surface area contributed by atoms with E-state index >= 15 is 0 Å². The summed E-state index contributed by atoms with van der Waals surface area (Å²) in [6.45, 7) is 3.07. The summed E-state index contributed by atoms with van der Waals surface area (Å²) in [4.78, 5) is 9.48. The normalized spacial score (nSPS) is 10.6. The maximum atomic E-state index is 5.53. The molecule has 0 fully saturated rings. The Kier molecular flexibility index (Phi) is 3.46. The zero-order valence-electron chi connectivity index (χ0n) is 9.13. The van der Waals surface area contributed by atoms with Gasteiger partial charge in [0.15, 0.2) is 0 Å². The van der Waals surface area contributed by atoms with E-state index in [-0.39, 0.29) is 0 Å². The number of hydrogen-bond acceptors (Lipinski definition) is 4. The van der Waals surface area contributed by atoms with Gasteiger partial charge in [0.1, 0.15) is 11.6 Å². The average molecular weight is 234 g/mol. The minimum atomic E-state index is 0.555. The Balaban J connectivity index is 1.99. The molecule has 0 aromatic carbocycles. The van der Waals surface area contributed by atoms with Gasteiger partial charge in [0.25, 0.3) is 0 Å². The molecule has 4 nitrogen and oxygen atoms in total. The van der Waals surface area contributed by atoms with E-state index in [2.05, 4.69) is 21.5 Å². The molecule has 0 saturated heterocycles. The Morgan fingerprint density at radius 2 is 2.25 bits per heavy atom. The van der Waals surface area contributed by atoms with Crippen molar-refractivity contribution in [1.82, 2.24) is 14.5 Å².